The second-order valence-electron chi connectivity index (χ2n) is 17.6. The number of carbonyl (C=O) groups is 2. The zero-order valence-electron chi connectivity index (χ0n) is 40.9. The highest BCUT2D eigenvalue weighted by Gasteiger charge is 2.16. The maximum absolute atomic E-state index is 12.3. The Labute approximate surface area is 384 Å². The number of aliphatic hydroxyl groups excluding tert-OH is 1. The third-order valence-electron chi connectivity index (χ3n) is 11.5. The number of allylic oxidation sites excluding steroid dienone is 12. The van der Waals surface area contributed by atoms with Crippen LogP contribution in [0.2, 0.25) is 0 Å². The minimum Gasteiger partial charge on any atom is -0.462 e. The van der Waals surface area contributed by atoms with Gasteiger partial charge in [-0.25, -0.2) is 0 Å². The SMILES string of the molecule is CC/C=C\C/C=C\C/C=C\C/C=C\CCCCCCCCC(=O)OC(CO)COC(=O)CCCCCCCCCCCCCCCCCCC/C=C\C/C=C\CCCCCCC. The number of hydrogen-bond donors (Lipinski definition) is 1. The molecule has 0 aromatic carbocycles. The Bertz CT molecular complexity index is 1110. The van der Waals surface area contributed by atoms with Crippen LogP contribution in [0.4, 0.5) is 0 Å². The lowest BCUT2D eigenvalue weighted by Crippen LogP contribution is -2.28. The summed E-state index contributed by atoms with van der Waals surface area (Å²) < 4.78 is 10.7. The number of aliphatic hydroxyl groups is 1. The van der Waals surface area contributed by atoms with Crippen molar-refractivity contribution in [2.24, 2.45) is 0 Å². The lowest BCUT2D eigenvalue weighted by Gasteiger charge is -2.15. The summed E-state index contributed by atoms with van der Waals surface area (Å²) in [6.45, 7) is 4.02. The predicted molar refractivity (Wildman–Crippen MR) is 270 cm³/mol. The fourth-order valence-electron chi connectivity index (χ4n) is 7.52. The third-order valence-corrected chi connectivity index (χ3v) is 11.5. The molecule has 0 rings (SSSR count). The van der Waals surface area contributed by atoms with Crippen LogP contribution in [-0.4, -0.2) is 36.4 Å². The first-order valence-corrected chi connectivity index (χ1v) is 26.5. The zero-order valence-corrected chi connectivity index (χ0v) is 40.9. The average molecular weight is 865 g/mol. The van der Waals surface area contributed by atoms with Crippen molar-refractivity contribution >= 4 is 11.9 Å². The Balaban J connectivity index is 3.49. The van der Waals surface area contributed by atoms with Crippen molar-refractivity contribution in [3.05, 3.63) is 72.9 Å². The van der Waals surface area contributed by atoms with Crippen molar-refractivity contribution < 1.29 is 24.2 Å². The molecular weight excluding hydrogens is 765 g/mol. The molecule has 0 amide bonds. The molecule has 0 fully saturated rings. The van der Waals surface area contributed by atoms with Crippen LogP contribution >= 0.6 is 0 Å². The van der Waals surface area contributed by atoms with Gasteiger partial charge in [-0.05, 0) is 83.5 Å². The van der Waals surface area contributed by atoms with E-state index in [0.717, 1.165) is 77.0 Å². The fourth-order valence-corrected chi connectivity index (χ4v) is 7.52. The lowest BCUT2D eigenvalue weighted by molar-refractivity contribution is -0.161. The number of unbranched alkanes of at least 4 members (excludes halogenated alkanes) is 28. The lowest BCUT2D eigenvalue weighted by atomic mass is 10.0. The van der Waals surface area contributed by atoms with Gasteiger partial charge in [-0.15, -0.1) is 0 Å². The summed E-state index contributed by atoms with van der Waals surface area (Å²) in [6, 6.07) is 0. The second-order valence-corrected chi connectivity index (χ2v) is 17.6. The first-order chi connectivity index (χ1) is 30.6. The van der Waals surface area contributed by atoms with Crippen molar-refractivity contribution in [3.63, 3.8) is 0 Å². The molecule has 5 heteroatoms. The summed E-state index contributed by atoms with van der Waals surface area (Å²) in [5.74, 6) is -0.602. The van der Waals surface area contributed by atoms with Gasteiger partial charge in [-0.2, -0.15) is 0 Å². The van der Waals surface area contributed by atoms with Crippen molar-refractivity contribution in [2.45, 2.75) is 264 Å². The Morgan fingerprint density at radius 3 is 1.05 bits per heavy atom. The van der Waals surface area contributed by atoms with E-state index >= 15 is 0 Å². The highest BCUT2D eigenvalue weighted by Crippen LogP contribution is 2.16. The number of carbonyl (C=O) groups excluding carboxylic acids is 2. The second kappa shape index (κ2) is 52.7. The van der Waals surface area contributed by atoms with E-state index in [4.69, 9.17) is 9.47 Å². The molecule has 0 spiro atoms. The average Bonchev–Trinajstić information content (AvgIpc) is 3.28. The Morgan fingerprint density at radius 2 is 0.694 bits per heavy atom. The van der Waals surface area contributed by atoms with E-state index in [1.807, 2.05) is 0 Å². The van der Waals surface area contributed by atoms with Gasteiger partial charge in [-0.1, -0.05) is 234 Å². The molecular formula is C57H100O5. The van der Waals surface area contributed by atoms with Crippen LogP contribution in [0.1, 0.15) is 258 Å². The largest absolute Gasteiger partial charge is 0.462 e. The van der Waals surface area contributed by atoms with Crippen LogP contribution in [-0.2, 0) is 19.1 Å². The summed E-state index contributed by atoms with van der Waals surface area (Å²) >= 11 is 0. The van der Waals surface area contributed by atoms with Gasteiger partial charge in [0.25, 0.3) is 0 Å². The normalized spacial score (nSPS) is 12.8. The van der Waals surface area contributed by atoms with E-state index in [1.54, 1.807) is 0 Å². The van der Waals surface area contributed by atoms with Crippen LogP contribution in [0.3, 0.4) is 0 Å². The molecule has 0 bridgehead atoms. The summed E-state index contributed by atoms with van der Waals surface area (Å²) in [5.41, 5.74) is 0. The van der Waals surface area contributed by atoms with Crippen LogP contribution in [0.5, 0.6) is 0 Å². The number of hydrogen-bond acceptors (Lipinski definition) is 5. The molecule has 0 aromatic heterocycles. The Morgan fingerprint density at radius 1 is 0.387 bits per heavy atom. The van der Waals surface area contributed by atoms with Gasteiger partial charge in [0.1, 0.15) is 6.61 Å². The van der Waals surface area contributed by atoms with Crippen molar-refractivity contribution in [1.82, 2.24) is 0 Å². The Hall–Kier alpha value is -2.66. The van der Waals surface area contributed by atoms with Gasteiger partial charge >= 0.3 is 11.9 Å². The molecule has 358 valence electrons. The quantitative estimate of drug-likeness (QED) is 0.0375. The number of esters is 2. The molecule has 1 N–H and O–H groups in total. The summed E-state index contributed by atoms with van der Waals surface area (Å²) in [5, 5.41) is 9.63. The minimum atomic E-state index is -0.782. The van der Waals surface area contributed by atoms with Gasteiger partial charge < -0.3 is 14.6 Å². The van der Waals surface area contributed by atoms with Crippen molar-refractivity contribution in [2.75, 3.05) is 13.2 Å². The van der Waals surface area contributed by atoms with Crippen molar-refractivity contribution in [3.8, 4) is 0 Å². The van der Waals surface area contributed by atoms with E-state index in [1.165, 1.54) is 154 Å². The van der Waals surface area contributed by atoms with E-state index in [2.05, 4.69) is 86.8 Å². The molecule has 1 atom stereocenters. The molecule has 0 saturated heterocycles. The third kappa shape index (κ3) is 50.0. The van der Waals surface area contributed by atoms with Crippen LogP contribution < -0.4 is 0 Å². The van der Waals surface area contributed by atoms with E-state index in [-0.39, 0.29) is 25.2 Å². The van der Waals surface area contributed by atoms with Gasteiger partial charge in [0.2, 0.25) is 0 Å². The molecule has 0 heterocycles. The Kier molecular flexibility index (Phi) is 50.4. The molecule has 0 aromatic rings. The van der Waals surface area contributed by atoms with Gasteiger partial charge in [-0.3, -0.25) is 9.59 Å². The molecule has 0 aliphatic carbocycles. The topological polar surface area (TPSA) is 72.8 Å². The van der Waals surface area contributed by atoms with E-state index in [0.29, 0.717) is 12.8 Å². The summed E-state index contributed by atoms with van der Waals surface area (Å²) in [6.07, 6.45) is 71.5. The van der Waals surface area contributed by atoms with Crippen molar-refractivity contribution in [1.29, 1.82) is 0 Å². The summed E-state index contributed by atoms with van der Waals surface area (Å²) in [4.78, 5) is 24.5. The first kappa shape index (κ1) is 59.3. The zero-order chi connectivity index (χ0) is 44.9. The monoisotopic (exact) mass is 865 g/mol. The van der Waals surface area contributed by atoms with Crippen LogP contribution in [0, 0.1) is 0 Å². The van der Waals surface area contributed by atoms with Crippen LogP contribution in [0.25, 0.3) is 0 Å². The van der Waals surface area contributed by atoms with E-state index in [9.17, 15) is 14.7 Å². The van der Waals surface area contributed by atoms with Gasteiger partial charge in [0.15, 0.2) is 6.10 Å². The number of rotatable bonds is 48. The molecule has 1 unspecified atom stereocenters. The van der Waals surface area contributed by atoms with Gasteiger partial charge in [0.05, 0.1) is 6.61 Å². The first-order valence-electron chi connectivity index (χ1n) is 26.5. The molecule has 0 aliphatic rings. The summed E-state index contributed by atoms with van der Waals surface area (Å²) in [7, 11) is 0. The maximum Gasteiger partial charge on any atom is 0.306 e. The van der Waals surface area contributed by atoms with E-state index < -0.39 is 6.10 Å². The smallest absolute Gasteiger partial charge is 0.306 e. The molecule has 0 radical (unpaired) electrons. The minimum absolute atomic E-state index is 0.0728. The molecule has 0 saturated carbocycles. The number of ether oxygens (including phenoxy) is 2. The molecule has 0 aliphatic heterocycles. The molecule has 62 heavy (non-hydrogen) atoms. The highest BCUT2D eigenvalue weighted by atomic mass is 16.6. The standard InChI is InChI=1S/C57H100O5/c1-3-5-7-9-11-13-15-17-19-21-23-24-25-26-27-28-29-30-31-32-34-35-37-39-41-43-45-47-49-51-56(59)61-54-55(53-58)62-57(60)52-50-48-46-44-42-40-38-36-33-22-20-18-16-14-12-10-8-6-4-2/h6,8,12,14-15,17-18,20-21,23,33,36,55,58H,3-5,7,9-11,13,16,19,22,24-32,34-35,37-54H2,1-2H3/b8-6-,14-12-,17-15-,20-18-,23-21-,36-33-. The predicted octanol–water partition coefficient (Wildman–Crippen LogP) is 17.6. The fraction of sp³-hybridized carbons (Fsp3) is 0.754. The molecule has 5 nitrogen and oxygen atoms in total. The van der Waals surface area contributed by atoms with Crippen LogP contribution in [0.15, 0.2) is 72.9 Å². The maximum atomic E-state index is 12.3. The highest BCUT2D eigenvalue weighted by molar-refractivity contribution is 5.70. The van der Waals surface area contributed by atoms with Gasteiger partial charge in [0, 0.05) is 12.8 Å².